The topological polar surface area (TPSA) is 36.7 Å². The molecule has 7 heteroatoms. The van der Waals surface area contributed by atoms with Gasteiger partial charge in [-0.2, -0.15) is 13.2 Å². The second-order valence-electron chi connectivity index (χ2n) is 6.09. The standard InChI is InChI=1S/C18H21F3N2O2/c1-13-8-9-15(25-13)11-23(3)17(24)12-22(2)10-14-6-4-5-7-16(14)18(19,20)21/h4-9H,10-12H2,1-3H3. The number of carbonyl (C=O) groups excluding carboxylic acids is 1. The van der Waals surface area contributed by atoms with E-state index in [1.54, 1.807) is 31.1 Å². The first-order valence-corrected chi connectivity index (χ1v) is 7.79. The van der Waals surface area contributed by atoms with Crippen LogP contribution >= 0.6 is 0 Å². The van der Waals surface area contributed by atoms with E-state index in [0.29, 0.717) is 12.3 Å². The van der Waals surface area contributed by atoms with Crippen LogP contribution in [0.3, 0.4) is 0 Å². The van der Waals surface area contributed by atoms with Crippen molar-refractivity contribution in [2.45, 2.75) is 26.2 Å². The van der Waals surface area contributed by atoms with E-state index in [1.165, 1.54) is 17.0 Å². The van der Waals surface area contributed by atoms with Crippen molar-refractivity contribution < 1.29 is 22.4 Å². The highest BCUT2D eigenvalue weighted by Crippen LogP contribution is 2.32. The molecule has 0 aliphatic heterocycles. The van der Waals surface area contributed by atoms with Crippen molar-refractivity contribution in [3.8, 4) is 0 Å². The summed E-state index contributed by atoms with van der Waals surface area (Å²) < 4.78 is 44.5. The van der Waals surface area contributed by atoms with Crippen LogP contribution < -0.4 is 0 Å². The average Bonchev–Trinajstić information content (AvgIpc) is 2.91. The summed E-state index contributed by atoms with van der Waals surface area (Å²) >= 11 is 0. The number of amides is 1. The lowest BCUT2D eigenvalue weighted by Crippen LogP contribution is -2.36. The molecule has 0 aliphatic carbocycles. The van der Waals surface area contributed by atoms with Crippen molar-refractivity contribution in [2.24, 2.45) is 0 Å². The van der Waals surface area contributed by atoms with Gasteiger partial charge in [0.15, 0.2) is 0 Å². The highest BCUT2D eigenvalue weighted by atomic mass is 19.4. The van der Waals surface area contributed by atoms with Crippen LogP contribution in [0.4, 0.5) is 13.2 Å². The van der Waals surface area contributed by atoms with Gasteiger partial charge in [-0.25, -0.2) is 0 Å². The fraction of sp³-hybridized carbons (Fsp3) is 0.389. The third-order valence-electron chi connectivity index (χ3n) is 3.78. The number of halogens is 3. The number of aryl methyl sites for hydroxylation is 1. The molecule has 2 rings (SSSR count). The molecule has 0 radical (unpaired) electrons. The van der Waals surface area contributed by atoms with Crippen LogP contribution in [0, 0.1) is 6.92 Å². The van der Waals surface area contributed by atoms with Crippen LogP contribution in [0.15, 0.2) is 40.8 Å². The summed E-state index contributed by atoms with van der Waals surface area (Å²) in [4.78, 5) is 15.3. The molecule has 0 saturated carbocycles. The maximum absolute atomic E-state index is 13.0. The average molecular weight is 354 g/mol. The monoisotopic (exact) mass is 354 g/mol. The highest BCUT2D eigenvalue weighted by Gasteiger charge is 2.33. The number of nitrogens with zero attached hydrogens (tertiary/aromatic N) is 2. The molecule has 0 spiro atoms. The number of hydrogen-bond acceptors (Lipinski definition) is 3. The Labute approximate surface area is 144 Å². The molecule has 1 amide bonds. The van der Waals surface area contributed by atoms with Gasteiger partial charge in [-0.05, 0) is 37.7 Å². The smallest absolute Gasteiger partial charge is 0.416 e. The lowest BCUT2D eigenvalue weighted by molar-refractivity contribution is -0.138. The normalized spacial score (nSPS) is 11.8. The van der Waals surface area contributed by atoms with Crippen molar-refractivity contribution in [3.63, 3.8) is 0 Å². The molecule has 0 fully saturated rings. The van der Waals surface area contributed by atoms with Gasteiger partial charge in [0.2, 0.25) is 5.91 Å². The zero-order valence-corrected chi connectivity index (χ0v) is 14.4. The lowest BCUT2D eigenvalue weighted by Gasteiger charge is -2.22. The molecule has 4 nitrogen and oxygen atoms in total. The Hall–Kier alpha value is -2.28. The van der Waals surface area contributed by atoms with Crippen LogP contribution in [0.2, 0.25) is 0 Å². The molecular formula is C18H21F3N2O2. The molecule has 0 N–H and O–H groups in total. The Balaban J connectivity index is 1.96. The number of hydrogen-bond donors (Lipinski definition) is 0. The first kappa shape index (κ1) is 19.1. The quantitative estimate of drug-likeness (QED) is 0.794. The molecule has 1 aromatic carbocycles. The summed E-state index contributed by atoms with van der Waals surface area (Å²) in [6, 6.07) is 9.01. The van der Waals surface area contributed by atoms with Crippen molar-refractivity contribution in [1.82, 2.24) is 9.80 Å². The first-order chi connectivity index (χ1) is 11.7. The number of carbonyl (C=O) groups is 1. The second-order valence-corrected chi connectivity index (χ2v) is 6.09. The molecular weight excluding hydrogens is 333 g/mol. The van der Waals surface area contributed by atoms with Gasteiger partial charge in [-0.1, -0.05) is 18.2 Å². The van der Waals surface area contributed by atoms with Gasteiger partial charge in [0.1, 0.15) is 11.5 Å². The predicted molar refractivity (Wildman–Crippen MR) is 87.7 cm³/mol. The number of likely N-dealkylation sites (N-methyl/N-ethyl adjacent to an activating group) is 2. The first-order valence-electron chi connectivity index (χ1n) is 7.79. The minimum atomic E-state index is -4.41. The third-order valence-corrected chi connectivity index (χ3v) is 3.78. The fourth-order valence-corrected chi connectivity index (χ4v) is 2.53. The Morgan fingerprint density at radius 2 is 1.76 bits per heavy atom. The molecule has 0 saturated heterocycles. The van der Waals surface area contributed by atoms with E-state index in [4.69, 9.17) is 4.42 Å². The maximum atomic E-state index is 13.0. The van der Waals surface area contributed by atoms with Crippen LogP contribution in [-0.4, -0.2) is 36.3 Å². The summed E-state index contributed by atoms with van der Waals surface area (Å²) in [5, 5.41) is 0. The van der Waals surface area contributed by atoms with Crippen LogP contribution in [0.1, 0.15) is 22.6 Å². The van der Waals surface area contributed by atoms with Crippen molar-refractivity contribution in [2.75, 3.05) is 20.6 Å². The molecule has 2 aromatic rings. The number of benzene rings is 1. The number of furan rings is 1. The van der Waals surface area contributed by atoms with Gasteiger partial charge >= 0.3 is 6.18 Å². The van der Waals surface area contributed by atoms with E-state index >= 15 is 0 Å². The van der Waals surface area contributed by atoms with Gasteiger partial charge in [-0.3, -0.25) is 9.69 Å². The van der Waals surface area contributed by atoms with Crippen LogP contribution in [-0.2, 0) is 24.1 Å². The lowest BCUT2D eigenvalue weighted by atomic mass is 10.1. The summed E-state index contributed by atoms with van der Waals surface area (Å²) in [5.41, 5.74) is -0.525. The van der Waals surface area contributed by atoms with Gasteiger partial charge < -0.3 is 9.32 Å². The van der Waals surface area contributed by atoms with Crippen molar-refractivity contribution >= 4 is 5.91 Å². The number of alkyl halides is 3. The Kier molecular flexibility index (Phi) is 5.89. The largest absolute Gasteiger partial charge is 0.464 e. The molecule has 0 atom stereocenters. The van der Waals surface area contributed by atoms with E-state index < -0.39 is 11.7 Å². The Morgan fingerprint density at radius 1 is 1.08 bits per heavy atom. The second kappa shape index (κ2) is 7.74. The Bertz CT molecular complexity index is 725. The highest BCUT2D eigenvalue weighted by molar-refractivity contribution is 5.77. The van der Waals surface area contributed by atoms with E-state index in [9.17, 15) is 18.0 Å². The summed E-state index contributed by atoms with van der Waals surface area (Å²) in [5.74, 6) is 1.23. The summed E-state index contributed by atoms with van der Waals surface area (Å²) in [6.07, 6.45) is -4.41. The predicted octanol–water partition coefficient (Wildman–Crippen LogP) is 3.70. The zero-order valence-electron chi connectivity index (χ0n) is 14.4. The van der Waals surface area contributed by atoms with E-state index in [2.05, 4.69) is 0 Å². The van der Waals surface area contributed by atoms with E-state index in [1.807, 2.05) is 13.0 Å². The maximum Gasteiger partial charge on any atom is 0.416 e. The van der Waals surface area contributed by atoms with Crippen LogP contribution in [0.25, 0.3) is 0 Å². The van der Waals surface area contributed by atoms with Gasteiger partial charge in [0.25, 0.3) is 0 Å². The van der Waals surface area contributed by atoms with Gasteiger partial charge in [-0.15, -0.1) is 0 Å². The third kappa shape index (κ3) is 5.35. The summed E-state index contributed by atoms with van der Waals surface area (Å²) in [6.45, 7) is 2.19. The minimum absolute atomic E-state index is 0.0163. The Morgan fingerprint density at radius 3 is 2.36 bits per heavy atom. The molecule has 136 valence electrons. The SMILES string of the molecule is Cc1ccc(CN(C)C(=O)CN(C)Cc2ccccc2C(F)(F)F)o1. The van der Waals surface area contributed by atoms with Crippen molar-refractivity contribution in [1.29, 1.82) is 0 Å². The van der Waals surface area contributed by atoms with E-state index in [-0.39, 0.29) is 24.6 Å². The fourth-order valence-electron chi connectivity index (χ4n) is 2.53. The molecule has 0 bridgehead atoms. The molecule has 1 aromatic heterocycles. The van der Waals surface area contributed by atoms with Crippen molar-refractivity contribution in [3.05, 3.63) is 59.0 Å². The van der Waals surface area contributed by atoms with Gasteiger partial charge in [0, 0.05) is 13.6 Å². The van der Waals surface area contributed by atoms with Gasteiger partial charge in [0.05, 0.1) is 18.7 Å². The zero-order chi connectivity index (χ0) is 18.6. The molecule has 0 unspecified atom stereocenters. The minimum Gasteiger partial charge on any atom is -0.464 e. The molecule has 0 aliphatic rings. The number of rotatable bonds is 6. The van der Waals surface area contributed by atoms with E-state index in [0.717, 1.165) is 11.8 Å². The van der Waals surface area contributed by atoms with Crippen LogP contribution in [0.5, 0.6) is 0 Å². The summed E-state index contributed by atoms with van der Waals surface area (Å²) in [7, 11) is 3.26. The molecule has 25 heavy (non-hydrogen) atoms. The molecule has 1 heterocycles.